The topological polar surface area (TPSA) is 97.4 Å². The summed E-state index contributed by atoms with van der Waals surface area (Å²) in [5.74, 6) is -3.12. The van der Waals surface area contributed by atoms with Crippen molar-refractivity contribution in [2.24, 2.45) is 0 Å². The average molecular weight is 367 g/mol. The lowest BCUT2D eigenvalue weighted by atomic mass is 10.2. The number of hydrazine groups is 1. The Balaban J connectivity index is 1.51. The number of para-hydroxylation sites is 1. The van der Waals surface area contributed by atoms with Gasteiger partial charge in [-0.05, 0) is 24.3 Å². The molecule has 0 atom stereocenters. The van der Waals surface area contributed by atoms with E-state index in [1.165, 1.54) is 24.3 Å². The van der Waals surface area contributed by atoms with Crippen LogP contribution in [0.3, 0.4) is 0 Å². The fourth-order valence-corrected chi connectivity index (χ4v) is 2.26. The minimum Gasteiger partial charge on any atom is -0.451 e. The number of nitrogens with one attached hydrogen (secondary N) is 2. The SMILES string of the molecule is O=C(COC(=O)c1ccc2ccccc2n1)NNC(=O)c1ccccc1F. The maximum atomic E-state index is 13.5. The Labute approximate surface area is 153 Å². The monoisotopic (exact) mass is 367 g/mol. The van der Waals surface area contributed by atoms with Gasteiger partial charge >= 0.3 is 5.97 Å². The Hall–Kier alpha value is -3.81. The number of amides is 2. The minimum atomic E-state index is -0.830. The third-order valence-electron chi connectivity index (χ3n) is 3.58. The number of benzene rings is 2. The summed E-state index contributed by atoms with van der Waals surface area (Å²) in [6.07, 6.45) is 0. The molecular weight excluding hydrogens is 353 g/mol. The molecule has 0 aliphatic rings. The molecule has 8 heteroatoms. The van der Waals surface area contributed by atoms with Gasteiger partial charge in [0.1, 0.15) is 11.5 Å². The maximum absolute atomic E-state index is 13.5. The molecule has 7 nitrogen and oxygen atoms in total. The van der Waals surface area contributed by atoms with Crippen LogP contribution in [0, 0.1) is 5.82 Å². The number of fused-ring (bicyclic) bond motifs is 1. The van der Waals surface area contributed by atoms with E-state index in [1.807, 2.05) is 23.0 Å². The first kappa shape index (κ1) is 18.0. The van der Waals surface area contributed by atoms with Gasteiger partial charge in [-0.25, -0.2) is 14.2 Å². The second-order valence-electron chi connectivity index (χ2n) is 5.45. The zero-order chi connectivity index (χ0) is 19.2. The molecule has 0 unspecified atom stereocenters. The predicted molar refractivity (Wildman–Crippen MR) is 94.0 cm³/mol. The lowest BCUT2D eigenvalue weighted by Crippen LogP contribution is -2.43. The first-order valence-corrected chi connectivity index (χ1v) is 7.91. The quantitative estimate of drug-likeness (QED) is 0.543. The fourth-order valence-electron chi connectivity index (χ4n) is 2.26. The molecule has 1 heterocycles. The molecule has 2 N–H and O–H groups in total. The number of hydrogen-bond acceptors (Lipinski definition) is 5. The Morgan fingerprint density at radius 3 is 2.48 bits per heavy atom. The van der Waals surface area contributed by atoms with Crippen LogP contribution in [0.2, 0.25) is 0 Å². The number of nitrogens with zero attached hydrogens (tertiary/aromatic N) is 1. The number of carbonyl (C=O) groups excluding carboxylic acids is 3. The Morgan fingerprint density at radius 2 is 1.67 bits per heavy atom. The first-order chi connectivity index (χ1) is 13.0. The Morgan fingerprint density at radius 1 is 0.926 bits per heavy atom. The fraction of sp³-hybridized carbons (Fsp3) is 0.0526. The number of ether oxygens (including phenoxy) is 1. The van der Waals surface area contributed by atoms with Crippen LogP contribution in [0.25, 0.3) is 10.9 Å². The van der Waals surface area contributed by atoms with E-state index >= 15 is 0 Å². The van der Waals surface area contributed by atoms with Gasteiger partial charge in [-0.2, -0.15) is 0 Å². The lowest BCUT2D eigenvalue weighted by molar-refractivity contribution is -0.125. The Bertz CT molecular complexity index is 1020. The summed E-state index contributed by atoms with van der Waals surface area (Å²) in [6, 6.07) is 15.7. The molecule has 0 saturated carbocycles. The van der Waals surface area contributed by atoms with Crippen LogP contribution in [-0.4, -0.2) is 29.4 Å². The summed E-state index contributed by atoms with van der Waals surface area (Å²) in [5.41, 5.74) is 4.53. The largest absolute Gasteiger partial charge is 0.451 e. The van der Waals surface area contributed by atoms with Crippen LogP contribution >= 0.6 is 0 Å². The number of pyridine rings is 1. The third kappa shape index (κ3) is 4.43. The lowest BCUT2D eigenvalue weighted by Gasteiger charge is -2.08. The molecule has 3 rings (SSSR count). The molecule has 0 spiro atoms. The number of rotatable bonds is 4. The number of hydrogen-bond donors (Lipinski definition) is 2. The molecule has 0 aliphatic heterocycles. The number of aromatic nitrogens is 1. The van der Waals surface area contributed by atoms with Crippen molar-refractivity contribution in [3.63, 3.8) is 0 Å². The molecule has 2 aromatic carbocycles. The highest BCUT2D eigenvalue weighted by molar-refractivity contribution is 5.96. The van der Waals surface area contributed by atoms with Gasteiger partial charge in [-0.3, -0.25) is 20.4 Å². The van der Waals surface area contributed by atoms with Crippen molar-refractivity contribution >= 4 is 28.7 Å². The van der Waals surface area contributed by atoms with Gasteiger partial charge in [0.25, 0.3) is 11.8 Å². The van der Waals surface area contributed by atoms with Crippen LogP contribution < -0.4 is 10.9 Å². The highest BCUT2D eigenvalue weighted by Crippen LogP contribution is 2.12. The van der Waals surface area contributed by atoms with Gasteiger partial charge < -0.3 is 4.74 Å². The van der Waals surface area contributed by atoms with E-state index < -0.39 is 30.2 Å². The van der Waals surface area contributed by atoms with Gasteiger partial charge in [-0.1, -0.05) is 36.4 Å². The molecule has 0 saturated heterocycles. The summed E-state index contributed by atoms with van der Waals surface area (Å²) in [5, 5.41) is 0.864. The molecule has 136 valence electrons. The summed E-state index contributed by atoms with van der Waals surface area (Å²) in [7, 11) is 0. The Kier molecular flexibility index (Phi) is 5.36. The molecule has 1 aromatic heterocycles. The van der Waals surface area contributed by atoms with Gasteiger partial charge in [0.05, 0.1) is 11.1 Å². The van der Waals surface area contributed by atoms with E-state index in [9.17, 15) is 18.8 Å². The van der Waals surface area contributed by atoms with E-state index in [0.717, 1.165) is 11.5 Å². The van der Waals surface area contributed by atoms with Gasteiger partial charge in [-0.15, -0.1) is 0 Å². The first-order valence-electron chi connectivity index (χ1n) is 7.91. The number of halogens is 1. The summed E-state index contributed by atoms with van der Waals surface area (Å²) >= 11 is 0. The normalized spacial score (nSPS) is 10.3. The standard InChI is InChI=1S/C19H14FN3O4/c20-14-7-3-2-6-13(14)18(25)23-22-17(24)11-27-19(26)16-10-9-12-5-1-4-8-15(12)21-16/h1-10H,11H2,(H,22,24)(H,23,25). The van der Waals surface area contributed by atoms with Crippen LogP contribution in [-0.2, 0) is 9.53 Å². The van der Waals surface area contributed by atoms with Gasteiger partial charge in [0.2, 0.25) is 0 Å². The smallest absolute Gasteiger partial charge is 0.357 e. The highest BCUT2D eigenvalue weighted by atomic mass is 19.1. The zero-order valence-electron chi connectivity index (χ0n) is 13.9. The van der Waals surface area contributed by atoms with Crippen molar-refractivity contribution in [3.05, 3.63) is 77.7 Å². The van der Waals surface area contributed by atoms with Crippen molar-refractivity contribution in [2.45, 2.75) is 0 Å². The van der Waals surface area contributed by atoms with Gasteiger partial charge in [0.15, 0.2) is 6.61 Å². The van der Waals surface area contributed by atoms with E-state index in [4.69, 9.17) is 4.74 Å². The van der Waals surface area contributed by atoms with Crippen molar-refractivity contribution in [1.29, 1.82) is 0 Å². The maximum Gasteiger partial charge on any atom is 0.357 e. The van der Waals surface area contributed by atoms with Crippen molar-refractivity contribution in [3.8, 4) is 0 Å². The molecule has 27 heavy (non-hydrogen) atoms. The second-order valence-corrected chi connectivity index (χ2v) is 5.45. The van der Waals surface area contributed by atoms with Crippen molar-refractivity contribution in [1.82, 2.24) is 15.8 Å². The number of carbonyl (C=O) groups is 3. The molecule has 0 radical (unpaired) electrons. The van der Waals surface area contributed by atoms with Crippen LogP contribution in [0.15, 0.2) is 60.7 Å². The molecule has 3 aromatic rings. The minimum absolute atomic E-state index is 0.0527. The molecule has 2 amide bonds. The molecule has 0 bridgehead atoms. The summed E-state index contributed by atoms with van der Waals surface area (Å²) < 4.78 is 18.3. The highest BCUT2D eigenvalue weighted by Gasteiger charge is 2.14. The van der Waals surface area contributed by atoms with E-state index in [1.54, 1.807) is 18.2 Å². The second kappa shape index (κ2) is 8.05. The zero-order valence-corrected chi connectivity index (χ0v) is 13.9. The van der Waals surface area contributed by atoms with Crippen LogP contribution in [0.5, 0.6) is 0 Å². The summed E-state index contributed by atoms with van der Waals surface area (Å²) in [6.45, 7) is -0.634. The summed E-state index contributed by atoms with van der Waals surface area (Å²) in [4.78, 5) is 39.6. The molecular formula is C19H14FN3O4. The van der Waals surface area contributed by atoms with Crippen molar-refractivity contribution in [2.75, 3.05) is 6.61 Å². The average Bonchev–Trinajstić information content (AvgIpc) is 2.70. The van der Waals surface area contributed by atoms with Crippen LogP contribution in [0.4, 0.5) is 4.39 Å². The van der Waals surface area contributed by atoms with E-state index in [0.29, 0.717) is 5.52 Å². The van der Waals surface area contributed by atoms with Gasteiger partial charge in [0, 0.05) is 5.39 Å². The van der Waals surface area contributed by atoms with E-state index in [2.05, 4.69) is 4.98 Å². The van der Waals surface area contributed by atoms with E-state index in [-0.39, 0.29) is 11.3 Å². The molecule has 0 aliphatic carbocycles. The third-order valence-corrected chi connectivity index (χ3v) is 3.58. The van der Waals surface area contributed by atoms with Crippen LogP contribution in [0.1, 0.15) is 20.8 Å². The predicted octanol–water partition coefficient (Wildman–Crippen LogP) is 1.99. The molecule has 0 fully saturated rings. The number of esters is 1. The van der Waals surface area contributed by atoms with Crippen molar-refractivity contribution < 1.29 is 23.5 Å².